The lowest BCUT2D eigenvalue weighted by Gasteiger charge is -2.06. The maximum absolute atomic E-state index is 13.3. The third-order valence-electron chi connectivity index (χ3n) is 3.85. The molecule has 0 aliphatic heterocycles. The van der Waals surface area contributed by atoms with E-state index in [1.165, 1.54) is 24.5 Å². The Morgan fingerprint density at radius 3 is 2.85 bits per heavy atom. The fraction of sp³-hybridized carbons (Fsp3) is 0.438. The summed E-state index contributed by atoms with van der Waals surface area (Å²) in [6.07, 6.45) is 4.64. The molecule has 0 atom stereocenters. The zero-order valence-corrected chi connectivity index (χ0v) is 12.0. The largest absolute Gasteiger partial charge is 0.310 e. The van der Waals surface area contributed by atoms with E-state index in [0.29, 0.717) is 12.6 Å². The van der Waals surface area contributed by atoms with Crippen LogP contribution in [0.1, 0.15) is 35.2 Å². The third-order valence-corrected chi connectivity index (χ3v) is 3.85. The molecular formula is C16H20FN3. The second-order valence-electron chi connectivity index (χ2n) is 5.66. The molecule has 1 N–H and O–H groups in total. The second-order valence-corrected chi connectivity index (χ2v) is 5.66. The van der Waals surface area contributed by atoms with Gasteiger partial charge >= 0.3 is 0 Å². The molecular weight excluding hydrogens is 253 g/mol. The molecule has 20 heavy (non-hydrogen) atoms. The Labute approximate surface area is 118 Å². The Morgan fingerprint density at radius 2 is 2.10 bits per heavy atom. The second kappa shape index (κ2) is 5.37. The number of halogens is 1. The van der Waals surface area contributed by atoms with Crippen LogP contribution in [0.4, 0.5) is 4.39 Å². The maximum atomic E-state index is 13.3. The van der Waals surface area contributed by atoms with Gasteiger partial charge in [0.15, 0.2) is 0 Å². The molecule has 0 radical (unpaired) electrons. The van der Waals surface area contributed by atoms with Crippen molar-refractivity contribution in [3.8, 4) is 0 Å². The average molecular weight is 273 g/mol. The minimum atomic E-state index is -0.190. The van der Waals surface area contributed by atoms with E-state index in [4.69, 9.17) is 0 Å². The van der Waals surface area contributed by atoms with Gasteiger partial charge in [-0.05, 0) is 49.9 Å². The fourth-order valence-corrected chi connectivity index (χ4v) is 2.34. The summed E-state index contributed by atoms with van der Waals surface area (Å²) in [6.45, 7) is 5.52. The number of benzene rings is 1. The molecule has 0 bridgehead atoms. The van der Waals surface area contributed by atoms with Crippen LogP contribution in [0.2, 0.25) is 0 Å². The van der Waals surface area contributed by atoms with E-state index >= 15 is 0 Å². The van der Waals surface area contributed by atoms with Crippen LogP contribution in [0, 0.1) is 19.7 Å². The fourth-order valence-electron chi connectivity index (χ4n) is 2.34. The van der Waals surface area contributed by atoms with Crippen molar-refractivity contribution in [2.24, 2.45) is 0 Å². The normalized spacial score (nSPS) is 14.8. The molecule has 106 valence electrons. The lowest BCUT2D eigenvalue weighted by Crippen LogP contribution is -2.15. The van der Waals surface area contributed by atoms with Crippen molar-refractivity contribution in [1.29, 1.82) is 0 Å². The van der Waals surface area contributed by atoms with Gasteiger partial charge in [0, 0.05) is 24.3 Å². The van der Waals surface area contributed by atoms with Gasteiger partial charge in [-0.1, -0.05) is 6.07 Å². The molecule has 3 nitrogen and oxygen atoms in total. The van der Waals surface area contributed by atoms with Gasteiger partial charge in [0.1, 0.15) is 5.82 Å². The number of nitrogens with zero attached hydrogens (tertiary/aromatic N) is 2. The first-order valence-electron chi connectivity index (χ1n) is 7.13. The van der Waals surface area contributed by atoms with Gasteiger partial charge in [0.2, 0.25) is 0 Å². The van der Waals surface area contributed by atoms with Gasteiger partial charge in [0.25, 0.3) is 0 Å². The predicted octanol–water partition coefficient (Wildman–Crippen LogP) is 2.94. The topological polar surface area (TPSA) is 29.9 Å². The lowest BCUT2D eigenvalue weighted by atomic mass is 10.1. The lowest BCUT2D eigenvalue weighted by molar-refractivity contribution is 0.617. The smallest absolute Gasteiger partial charge is 0.123 e. The monoisotopic (exact) mass is 273 g/mol. The summed E-state index contributed by atoms with van der Waals surface area (Å²) in [6, 6.07) is 5.60. The van der Waals surface area contributed by atoms with Crippen LogP contribution in [0.3, 0.4) is 0 Å². The van der Waals surface area contributed by atoms with E-state index in [2.05, 4.69) is 16.6 Å². The molecule has 0 spiro atoms. The van der Waals surface area contributed by atoms with Crippen molar-refractivity contribution in [2.75, 3.05) is 0 Å². The van der Waals surface area contributed by atoms with Crippen molar-refractivity contribution >= 4 is 0 Å². The van der Waals surface area contributed by atoms with E-state index in [0.717, 1.165) is 23.4 Å². The van der Waals surface area contributed by atoms with Crippen molar-refractivity contribution < 1.29 is 4.39 Å². The minimum Gasteiger partial charge on any atom is -0.310 e. The summed E-state index contributed by atoms with van der Waals surface area (Å²) in [5, 5.41) is 8.03. The quantitative estimate of drug-likeness (QED) is 0.907. The van der Waals surface area contributed by atoms with Crippen LogP contribution in [-0.2, 0) is 13.1 Å². The van der Waals surface area contributed by atoms with Crippen LogP contribution in [0.5, 0.6) is 0 Å². The van der Waals surface area contributed by atoms with E-state index in [1.807, 2.05) is 24.6 Å². The number of hydrogen-bond acceptors (Lipinski definition) is 2. The van der Waals surface area contributed by atoms with Gasteiger partial charge in [-0.3, -0.25) is 4.68 Å². The number of aryl methyl sites for hydroxylation is 2. The average Bonchev–Trinajstić information content (AvgIpc) is 3.16. The number of rotatable bonds is 5. The highest BCUT2D eigenvalue weighted by molar-refractivity contribution is 5.27. The Bertz CT molecular complexity index is 614. The SMILES string of the molecule is Cc1ccc(F)cc1Cn1cc(CNC2CC2)c(C)n1. The predicted molar refractivity (Wildman–Crippen MR) is 77.1 cm³/mol. The first kappa shape index (κ1) is 13.3. The summed E-state index contributed by atoms with van der Waals surface area (Å²) in [7, 11) is 0. The Hall–Kier alpha value is -1.68. The molecule has 1 saturated carbocycles. The highest BCUT2D eigenvalue weighted by Gasteiger charge is 2.20. The van der Waals surface area contributed by atoms with Gasteiger partial charge < -0.3 is 5.32 Å². The summed E-state index contributed by atoms with van der Waals surface area (Å²) < 4.78 is 15.2. The van der Waals surface area contributed by atoms with Crippen LogP contribution >= 0.6 is 0 Å². The molecule has 0 amide bonds. The molecule has 3 rings (SSSR count). The van der Waals surface area contributed by atoms with E-state index in [-0.39, 0.29) is 5.82 Å². The molecule has 4 heteroatoms. The van der Waals surface area contributed by atoms with Gasteiger partial charge in [-0.2, -0.15) is 5.10 Å². The third kappa shape index (κ3) is 3.07. The van der Waals surface area contributed by atoms with Crippen molar-refractivity contribution in [1.82, 2.24) is 15.1 Å². The van der Waals surface area contributed by atoms with E-state index in [9.17, 15) is 4.39 Å². The van der Waals surface area contributed by atoms with Crippen LogP contribution in [0.15, 0.2) is 24.4 Å². The molecule has 1 aliphatic rings. The molecule has 0 unspecified atom stereocenters. The summed E-state index contributed by atoms with van der Waals surface area (Å²) >= 11 is 0. The summed E-state index contributed by atoms with van der Waals surface area (Å²) in [5.41, 5.74) is 4.35. The maximum Gasteiger partial charge on any atom is 0.123 e. The Morgan fingerprint density at radius 1 is 1.30 bits per heavy atom. The van der Waals surface area contributed by atoms with Gasteiger partial charge in [0.05, 0.1) is 12.2 Å². The van der Waals surface area contributed by atoms with Crippen LogP contribution in [-0.4, -0.2) is 15.8 Å². The zero-order valence-electron chi connectivity index (χ0n) is 12.0. The van der Waals surface area contributed by atoms with E-state index in [1.54, 1.807) is 6.07 Å². The number of nitrogens with one attached hydrogen (secondary N) is 1. The highest BCUT2D eigenvalue weighted by atomic mass is 19.1. The van der Waals surface area contributed by atoms with Gasteiger partial charge in [-0.15, -0.1) is 0 Å². The molecule has 1 aromatic heterocycles. The number of aromatic nitrogens is 2. The highest BCUT2D eigenvalue weighted by Crippen LogP contribution is 2.20. The zero-order chi connectivity index (χ0) is 14.1. The van der Waals surface area contributed by atoms with E-state index < -0.39 is 0 Å². The van der Waals surface area contributed by atoms with Crippen molar-refractivity contribution in [3.63, 3.8) is 0 Å². The van der Waals surface area contributed by atoms with Crippen LogP contribution < -0.4 is 5.32 Å². The molecule has 1 heterocycles. The van der Waals surface area contributed by atoms with Crippen molar-refractivity contribution in [2.45, 2.75) is 45.8 Å². The molecule has 1 aliphatic carbocycles. The first-order valence-corrected chi connectivity index (χ1v) is 7.13. The molecule has 0 saturated heterocycles. The summed E-state index contributed by atoms with van der Waals surface area (Å²) in [5.74, 6) is -0.190. The molecule has 2 aromatic rings. The number of hydrogen-bond donors (Lipinski definition) is 1. The Kier molecular flexibility index (Phi) is 3.57. The van der Waals surface area contributed by atoms with Gasteiger partial charge in [-0.25, -0.2) is 4.39 Å². The van der Waals surface area contributed by atoms with Crippen LogP contribution in [0.25, 0.3) is 0 Å². The first-order chi connectivity index (χ1) is 9.61. The Balaban J connectivity index is 1.73. The van der Waals surface area contributed by atoms with Crippen molar-refractivity contribution in [3.05, 3.63) is 52.6 Å². The molecule has 1 fully saturated rings. The molecule has 1 aromatic carbocycles. The standard InChI is InChI=1S/C16H20FN3/c1-11-3-4-15(17)7-13(11)9-20-10-14(12(2)19-20)8-18-16-5-6-16/h3-4,7,10,16,18H,5-6,8-9H2,1-2H3. The minimum absolute atomic E-state index is 0.190. The summed E-state index contributed by atoms with van der Waals surface area (Å²) in [4.78, 5) is 0.